The van der Waals surface area contributed by atoms with E-state index in [0.717, 1.165) is 17.7 Å². The summed E-state index contributed by atoms with van der Waals surface area (Å²) in [6, 6.07) is 0. The molecule has 1 unspecified atom stereocenters. The van der Waals surface area contributed by atoms with Crippen LogP contribution in [-0.4, -0.2) is 22.6 Å². The van der Waals surface area contributed by atoms with Crippen molar-refractivity contribution < 1.29 is 9.90 Å². The number of rotatable bonds is 4. The number of nitrogens with one attached hydrogen (secondary N) is 1. The molecule has 92 valence electrons. The second kappa shape index (κ2) is 7.05. The number of aliphatic hydroxyl groups is 1. The number of nitrogens with zero attached hydrogens (tertiary/aromatic N) is 1. The Kier molecular flexibility index (Phi) is 5.67. The van der Waals surface area contributed by atoms with E-state index < -0.39 is 0 Å². The molecule has 0 saturated heterocycles. The van der Waals surface area contributed by atoms with E-state index >= 15 is 0 Å². The van der Waals surface area contributed by atoms with Crippen LogP contribution in [0.25, 0.3) is 0 Å². The minimum Gasteiger partial charge on any atom is -0.384 e. The molecule has 0 fully saturated rings. The zero-order valence-corrected chi connectivity index (χ0v) is 10.8. The predicted molar refractivity (Wildman–Crippen MR) is 68.8 cm³/mol. The Labute approximate surface area is 105 Å². The van der Waals surface area contributed by atoms with E-state index in [4.69, 9.17) is 5.11 Å². The fourth-order valence-electron chi connectivity index (χ4n) is 1.31. The number of aromatic nitrogens is 1. The van der Waals surface area contributed by atoms with Crippen LogP contribution in [0.1, 0.15) is 31.6 Å². The van der Waals surface area contributed by atoms with Crippen LogP contribution in [0, 0.1) is 17.8 Å². The summed E-state index contributed by atoms with van der Waals surface area (Å²) in [5.41, 5.74) is 0. The van der Waals surface area contributed by atoms with Crippen LogP contribution in [0.3, 0.4) is 0 Å². The molecule has 1 aromatic rings. The lowest BCUT2D eigenvalue weighted by Crippen LogP contribution is -2.19. The summed E-state index contributed by atoms with van der Waals surface area (Å²) in [7, 11) is 0. The molecule has 17 heavy (non-hydrogen) atoms. The maximum atomic E-state index is 11.7. The van der Waals surface area contributed by atoms with E-state index in [1.165, 1.54) is 11.3 Å². The van der Waals surface area contributed by atoms with Gasteiger partial charge in [0.05, 0.1) is 11.1 Å². The lowest BCUT2D eigenvalue weighted by Gasteiger charge is -2.08. The molecule has 0 bridgehead atoms. The van der Waals surface area contributed by atoms with Gasteiger partial charge in [-0.3, -0.25) is 4.79 Å². The Hall–Kier alpha value is -1.38. The molecule has 0 radical (unpaired) electrons. The molecule has 0 saturated carbocycles. The minimum absolute atomic E-state index is 0.00382. The quantitative estimate of drug-likeness (QED) is 0.804. The zero-order valence-electron chi connectivity index (χ0n) is 9.99. The average molecular weight is 252 g/mol. The standard InChI is InChI=1S/C12H16N2O2S/c1-3-5-9(2)11(16)14-12-13-8-10(17-12)6-4-7-15/h8-9,15H,3,5,7H2,1-2H3,(H,13,14,16). The SMILES string of the molecule is CCCC(C)C(=O)Nc1ncc(C#CCO)s1. The monoisotopic (exact) mass is 252 g/mol. The van der Waals surface area contributed by atoms with Gasteiger partial charge in [0.25, 0.3) is 0 Å². The molecule has 5 heteroatoms. The van der Waals surface area contributed by atoms with Gasteiger partial charge >= 0.3 is 0 Å². The number of aliphatic hydroxyl groups excluding tert-OH is 1. The highest BCUT2D eigenvalue weighted by atomic mass is 32.1. The van der Waals surface area contributed by atoms with Crippen molar-refractivity contribution in [3.8, 4) is 11.8 Å². The van der Waals surface area contributed by atoms with Gasteiger partial charge in [-0.1, -0.05) is 43.4 Å². The maximum Gasteiger partial charge on any atom is 0.228 e. The highest BCUT2D eigenvalue weighted by Gasteiger charge is 2.13. The van der Waals surface area contributed by atoms with Crippen molar-refractivity contribution in [3.05, 3.63) is 11.1 Å². The third-order valence-corrected chi connectivity index (χ3v) is 3.02. The van der Waals surface area contributed by atoms with Gasteiger partial charge in [0.15, 0.2) is 5.13 Å². The largest absolute Gasteiger partial charge is 0.384 e. The summed E-state index contributed by atoms with van der Waals surface area (Å²) >= 11 is 1.31. The summed E-state index contributed by atoms with van der Waals surface area (Å²) in [5, 5.41) is 11.9. The normalized spacial score (nSPS) is 11.5. The first-order valence-corrected chi connectivity index (χ1v) is 6.35. The predicted octanol–water partition coefficient (Wildman–Crippen LogP) is 1.86. The van der Waals surface area contributed by atoms with Gasteiger partial charge < -0.3 is 10.4 Å². The summed E-state index contributed by atoms with van der Waals surface area (Å²) in [5.74, 6) is 5.27. The molecule has 0 aliphatic carbocycles. The first-order valence-electron chi connectivity index (χ1n) is 5.53. The third-order valence-electron chi connectivity index (χ3n) is 2.20. The fourth-order valence-corrected chi connectivity index (χ4v) is 2.00. The number of carbonyl (C=O) groups is 1. The Bertz CT molecular complexity index is 431. The molecule has 0 spiro atoms. The summed E-state index contributed by atoms with van der Waals surface area (Å²) < 4.78 is 0. The van der Waals surface area contributed by atoms with Crippen molar-refractivity contribution in [2.45, 2.75) is 26.7 Å². The van der Waals surface area contributed by atoms with E-state index in [0.29, 0.717) is 5.13 Å². The molecule has 1 rings (SSSR count). The Morgan fingerprint density at radius 3 is 3.12 bits per heavy atom. The highest BCUT2D eigenvalue weighted by molar-refractivity contribution is 7.16. The van der Waals surface area contributed by atoms with Gasteiger partial charge in [0.2, 0.25) is 5.91 Å². The molecule has 1 heterocycles. The Morgan fingerprint density at radius 2 is 2.47 bits per heavy atom. The molecule has 1 amide bonds. The van der Waals surface area contributed by atoms with Crippen molar-refractivity contribution in [1.29, 1.82) is 0 Å². The Balaban J connectivity index is 2.57. The highest BCUT2D eigenvalue weighted by Crippen LogP contribution is 2.18. The van der Waals surface area contributed by atoms with Gasteiger partial charge in [0, 0.05) is 5.92 Å². The zero-order chi connectivity index (χ0) is 12.7. The Morgan fingerprint density at radius 1 is 1.71 bits per heavy atom. The molecular formula is C12H16N2O2S. The van der Waals surface area contributed by atoms with Crippen LogP contribution in [0.2, 0.25) is 0 Å². The van der Waals surface area contributed by atoms with Gasteiger partial charge in [-0.25, -0.2) is 4.98 Å². The smallest absolute Gasteiger partial charge is 0.228 e. The molecular weight excluding hydrogens is 236 g/mol. The number of thiazole rings is 1. The van der Waals surface area contributed by atoms with Crippen LogP contribution in [-0.2, 0) is 4.79 Å². The van der Waals surface area contributed by atoms with Crippen molar-refractivity contribution in [2.75, 3.05) is 11.9 Å². The van der Waals surface area contributed by atoms with Gasteiger partial charge in [-0.2, -0.15) is 0 Å². The topological polar surface area (TPSA) is 62.2 Å². The fraction of sp³-hybridized carbons (Fsp3) is 0.500. The van der Waals surface area contributed by atoms with Crippen LogP contribution >= 0.6 is 11.3 Å². The molecule has 1 atom stereocenters. The van der Waals surface area contributed by atoms with E-state index in [1.54, 1.807) is 6.20 Å². The lowest BCUT2D eigenvalue weighted by atomic mass is 10.1. The second-order valence-corrected chi connectivity index (χ2v) is 4.70. The number of hydrogen-bond donors (Lipinski definition) is 2. The van der Waals surface area contributed by atoms with Crippen molar-refractivity contribution >= 4 is 22.4 Å². The first-order chi connectivity index (χ1) is 8.17. The first kappa shape index (κ1) is 13.7. The molecule has 2 N–H and O–H groups in total. The van der Waals surface area contributed by atoms with E-state index in [9.17, 15) is 4.79 Å². The van der Waals surface area contributed by atoms with E-state index in [2.05, 4.69) is 29.1 Å². The molecule has 0 aromatic carbocycles. The van der Waals surface area contributed by atoms with Gasteiger partial charge in [-0.05, 0) is 6.42 Å². The molecule has 1 aromatic heterocycles. The number of carbonyl (C=O) groups excluding carboxylic acids is 1. The van der Waals surface area contributed by atoms with Gasteiger partial charge in [-0.15, -0.1) is 0 Å². The molecule has 0 aliphatic heterocycles. The van der Waals surface area contributed by atoms with E-state index in [-0.39, 0.29) is 18.4 Å². The lowest BCUT2D eigenvalue weighted by molar-refractivity contribution is -0.119. The summed E-state index contributed by atoms with van der Waals surface area (Å²) in [6.45, 7) is 3.78. The van der Waals surface area contributed by atoms with Crippen LogP contribution in [0.4, 0.5) is 5.13 Å². The molecule has 0 aliphatic rings. The average Bonchev–Trinajstić information content (AvgIpc) is 2.74. The van der Waals surface area contributed by atoms with Crippen molar-refractivity contribution in [2.24, 2.45) is 5.92 Å². The summed E-state index contributed by atoms with van der Waals surface area (Å²) in [6.07, 6.45) is 3.45. The summed E-state index contributed by atoms with van der Waals surface area (Å²) in [4.78, 5) is 16.5. The van der Waals surface area contributed by atoms with Crippen molar-refractivity contribution in [1.82, 2.24) is 4.98 Å². The minimum atomic E-state index is -0.173. The molecule has 4 nitrogen and oxygen atoms in total. The van der Waals surface area contributed by atoms with Crippen LogP contribution in [0.15, 0.2) is 6.20 Å². The second-order valence-electron chi connectivity index (χ2n) is 3.67. The number of amides is 1. The maximum absolute atomic E-state index is 11.7. The van der Waals surface area contributed by atoms with Crippen molar-refractivity contribution in [3.63, 3.8) is 0 Å². The third kappa shape index (κ3) is 4.55. The van der Waals surface area contributed by atoms with Crippen LogP contribution < -0.4 is 5.32 Å². The van der Waals surface area contributed by atoms with E-state index in [1.807, 2.05) is 6.92 Å². The van der Waals surface area contributed by atoms with Crippen LogP contribution in [0.5, 0.6) is 0 Å². The number of anilines is 1. The van der Waals surface area contributed by atoms with Gasteiger partial charge in [0.1, 0.15) is 6.61 Å². The number of hydrogen-bond acceptors (Lipinski definition) is 4.